The Labute approximate surface area is 345 Å². The second kappa shape index (κ2) is 22.3. The molecule has 0 saturated carbocycles. The van der Waals surface area contributed by atoms with E-state index in [0.29, 0.717) is 45.8 Å². The number of guanidine groups is 2. The molecule has 15 nitrogen and oxygen atoms in total. The number of amides is 4. The van der Waals surface area contributed by atoms with E-state index in [4.69, 9.17) is 42.7 Å². The number of aliphatic carboxylic acids is 2. The number of rotatable bonds is 14. The molecule has 1 aliphatic heterocycles. The van der Waals surface area contributed by atoms with Gasteiger partial charge in [-0.05, 0) is 80.0 Å². The van der Waals surface area contributed by atoms with E-state index in [1.165, 1.54) is 12.1 Å². The number of aliphatic imine (C=N–C) groups is 2. The summed E-state index contributed by atoms with van der Waals surface area (Å²) in [5.74, 6) is -7.15. The van der Waals surface area contributed by atoms with Gasteiger partial charge in [0.05, 0.1) is 5.56 Å². The third kappa shape index (κ3) is 17.3. The standard InChI is InChI=1S/C29H35Br2F3N8O3.2C2HF3O2/c30-21-13-19(14-22(31)15-21)17-28(16-18-5-7-20(8-6-18)29(32,33)34)23(43)41(11-3-1-9-39-25(35)36)27(45)42(24(28)44)12-4-2-10-40-26(37)38;2*3-2(4,5)1(6)7/h5-8,13-15H,1-4,9-12,16-17H2,(H4,35,36,39)(H4,37,38,40);2*(H,6,7). The maximum absolute atomic E-state index is 14.4. The van der Waals surface area contributed by atoms with Gasteiger partial charge in [0.15, 0.2) is 11.9 Å². The summed E-state index contributed by atoms with van der Waals surface area (Å²) >= 11 is 6.86. The van der Waals surface area contributed by atoms with Crippen molar-refractivity contribution in [3.63, 3.8) is 0 Å². The van der Waals surface area contributed by atoms with Gasteiger partial charge < -0.3 is 33.1 Å². The van der Waals surface area contributed by atoms with E-state index in [2.05, 4.69) is 41.8 Å². The van der Waals surface area contributed by atoms with Gasteiger partial charge in [-0.2, -0.15) is 39.5 Å². The topological polar surface area (TPSA) is 261 Å². The first-order valence-corrected chi connectivity index (χ1v) is 18.1. The van der Waals surface area contributed by atoms with Crippen molar-refractivity contribution in [2.75, 3.05) is 26.2 Å². The molecular formula is C33H37Br2F9N8O7. The number of hydrogen-bond donors (Lipinski definition) is 6. The summed E-state index contributed by atoms with van der Waals surface area (Å²) in [5, 5.41) is 14.2. The third-order valence-electron chi connectivity index (χ3n) is 7.64. The predicted octanol–water partition coefficient (Wildman–Crippen LogP) is 5.17. The maximum atomic E-state index is 14.4. The van der Waals surface area contributed by atoms with Crippen LogP contribution in [0.2, 0.25) is 0 Å². The van der Waals surface area contributed by atoms with Crippen LogP contribution in [0.1, 0.15) is 42.4 Å². The minimum Gasteiger partial charge on any atom is -0.475 e. The summed E-state index contributed by atoms with van der Waals surface area (Å²) < 4.78 is 105. The Morgan fingerprint density at radius 1 is 0.627 bits per heavy atom. The van der Waals surface area contributed by atoms with Gasteiger partial charge in [0.25, 0.3) is 0 Å². The molecule has 328 valence electrons. The first-order valence-electron chi connectivity index (χ1n) is 16.5. The SMILES string of the molecule is NC(N)=NCCCCN1C(=O)N(CCCCN=C(N)N)C(=O)C(Cc2ccc(C(F)(F)F)cc2)(Cc2cc(Br)cc(Br)c2)C1=O.O=C(O)C(F)(F)F.O=C(O)C(F)(F)F. The highest BCUT2D eigenvalue weighted by Crippen LogP contribution is 2.39. The summed E-state index contributed by atoms with van der Waals surface area (Å²) in [6.45, 7) is 0.502. The molecular weight excluding hydrogens is 951 g/mol. The lowest BCUT2D eigenvalue weighted by molar-refractivity contribution is -0.193. The molecule has 4 amide bonds. The molecule has 2 aromatic carbocycles. The van der Waals surface area contributed by atoms with E-state index >= 15 is 0 Å². The van der Waals surface area contributed by atoms with Gasteiger partial charge in [-0.3, -0.25) is 29.4 Å². The highest BCUT2D eigenvalue weighted by atomic mass is 79.9. The molecule has 0 spiro atoms. The number of imide groups is 2. The highest BCUT2D eigenvalue weighted by molar-refractivity contribution is 9.11. The number of carboxylic acids is 2. The molecule has 0 bridgehead atoms. The summed E-state index contributed by atoms with van der Waals surface area (Å²) in [5.41, 5.74) is 19.8. The van der Waals surface area contributed by atoms with Crippen LogP contribution in [-0.4, -0.2) is 100 Å². The van der Waals surface area contributed by atoms with Crippen LogP contribution in [0.15, 0.2) is 61.4 Å². The molecule has 3 rings (SSSR count). The fraction of sp³-hybridized carbons (Fsp3) is 0.424. The number of urea groups is 1. The van der Waals surface area contributed by atoms with Crippen LogP contribution in [0.5, 0.6) is 0 Å². The monoisotopic (exact) mass is 986 g/mol. The molecule has 0 aromatic heterocycles. The fourth-order valence-corrected chi connectivity index (χ4v) is 6.48. The lowest BCUT2D eigenvalue weighted by atomic mass is 9.72. The minimum absolute atomic E-state index is 0.0214. The lowest BCUT2D eigenvalue weighted by Crippen LogP contribution is -2.66. The van der Waals surface area contributed by atoms with Crippen molar-refractivity contribution in [1.29, 1.82) is 0 Å². The Bertz CT molecular complexity index is 1760. The molecule has 0 radical (unpaired) electrons. The van der Waals surface area contributed by atoms with Crippen LogP contribution in [0.25, 0.3) is 0 Å². The van der Waals surface area contributed by atoms with Gasteiger partial charge in [-0.15, -0.1) is 0 Å². The summed E-state index contributed by atoms with van der Waals surface area (Å²) in [7, 11) is 0. The van der Waals surface area contributed by atoms with Crippen molar-refractivity contribution in [3.05, 3.63) is 68.1 Å². The van der Waals surface area contributed by atoms with Gasteiger partial charge in [0, 0.05) is 35.1 Å². The van der Waals surface area contributed by atoms with E-state index in [1.807, 2.05) is 0 Å². The fourth-order valence-electron chi connectivity index (χ4n) is 5.09. The van der Waals surface area contributed by atoms with Crippen LogP contribution in [-0.2, 0) is 38.2 Å². The van der Waals surface area contributed by atoms with Gasteiger partial charge in [-0.1, -0.05) is 44.0 Å². The van der Waals surface area contributed by atoms with Crippen LogP contribution < -0.4 is 22.9 Å². The number of carbonyl (C=O) groups is 5. The van der Waals surface area contributed by atoms with Crippen molar-refractivity contribution in [3.8, 4) is 0 Å². The number of benzene rings is 2. The zero-order valence-electron chi connectivity index (χ0n) is 30.3. The maximum Gasteiger partial charge on any atom is 0.490 e. The van der Waals surface area contributed by atoms with Crippen molar-refractivity contribution >= 4 is 73.6 Å². The van der Waals surface area contributed by atoms with Crippen LogP contribution >= 0.6 is 31.9 Å². The lowest BCUT2D eigenvalue weighted by Gasteiger charge is -2.44. The quantitative estimate of drug-likeness (QED) is 0.0473. The first kappa shape index (κ1) is 51.9. The minimum atomic E-state index is -5.08. The number of nitrogens with zero attached hydrogens (tertiary/aromatic N) is 4. The van der Waals surface area contributed by atoms with E-state index < -0.39 is 59.3 Å². The summed E-state index contributed by atoms with van der Waals surface area (Å²) in [6.07, 6.45) is -13.5. The van der Waals surface area contributed by atoms with Crippen molar-refractivity contribution in [2.45, 2.75) is 57.1 Å². The van der Waals surface area contributed by atoms with Crippen molar-refractivity contribution in [1.82, 2.24) is 9.80 Å². The largest absolute Gasteiger partial charge is 0.490 e. The second-order valence-corrected chi connectivity index (χ2v) is 14.1. The van der Waals surface area contributed by atoms with Gasteiger partial charge in [-0.25, -0.2) is 14.4 Å². The van der Waals surface area contributed by atoms with E-state index in [1.54, 1.807) is 18.2 Å². The smallest absolute Gasteiger partial charge is 0.475 e. The second-order valence-electron chi connectivity index (χ2n) is 12.2. The molecule has 1 heterocycles. The molecule has 0 aliphatic carbocycles. The summed E-state index contributed by atoms with van der Waals surface area (Å²) in [6, 6.07) is 8.81. The highest BCUT2D eigenvalue weighted by Gasteiger charge is 2.57. The average molecular weight is 988 g/mol. The van der Waals surface area contributed by atoms with Crippen LogP contribution in [0.3, 0.4) is 0 Å². The van der Waals surface area contributed by atoms with Gasteiger partial charge >= 0.3 is 36.5 Å². The predicted molar refractivity (Wildman–Crippen MR) is 199 cm³/mol. The molecule has 1 fully saturated rings. The molecule has 26 heteroatoms. The van der Waals surface area contributed by atoms with Crippen molar-refractivity contribution < 1.29 is 73.7 Å². The van der Waals surface area contributed by atoms with Gasteiger partial charge in [0.1, 0.15) is 5.41 Å². The van der Waals surface area contributed by atoms with E-state index in [-0.39, 0.29) is 50.9 Å². The number of hydrogen-bond acceptors (Lipinski definition) is 7. The number of halogens is 11. The number of barbiturate groups is 1. The van der Waals surface area contributed by atoms with Gasteiger partial charge in [0.2, 0.25) is 11.8 Å². The number of carbonyl (C=O) groups excluding carboxylic acids is 3. The van der Waals surface area contributed by atoms with Crippen molar-refractivity contribution in [2.24, 2.45) is 38.3 Å². The third-order valence-corrected chi connectivity index (χ3v) is 8.56. The average Bonchev–Trinajstić information content (AvgIpc) is 3.08. The van der Waals surface area contributed by atoms with Crippen LogP contribution in [0, 0.1) is 5.41 Å². The number of nitrogens with two attached hydrogens (primary N) is 4. The zero-order valence-corrected chi connectivity index (χ0v) is 33.5. The Hall–Kier alpha value is -5.14. The zero-order chi connectivity index (χ0) is 45.5. The van der Waals surface area contributed by atoms with E-state index in [9.17, 15) is 53.9 Å². The molecule has 1 saturated heterocycles. The van der Waals surface area contributed by atoms with Crippen LogP contribution in [0.4, 0.5) is 44.3 Å². The Morgan fingerprint density at radius 2 is 0.983 bits per heavy atom. The normalized spacial score (nSPS) is 14.1. The number of carboxylic acid groups (broad SMARTS) is 2. The number of unbranched alkanes of at least 4 members (excludes halogenated alkanes) is 2. The molecule has 1 aliphatic rings. The molecule has 0 unspecified atom stereocenters. The first-order chi connectivity index (χ1) is 27.0. The number of alkyl halides is 9. The van der Waals surface area contributed by atoms with E-state index in [0.717, 1.165) is 21.9 Å². The molecule has 59 heavy (non-hydrogen) atoms. The molecule has 10 N–H and O–H groups in total. The Morgan fingerprint density at radius 3 is 1.31 bits per heavy atom. The summed E-state index contributed by atoms with van der Waals surface area (Å²) in [4.78, 5) is 70.2. The Balaban J connectivity index is 0.00000106. The molecule has 0 atom stereocenters. The molecule has 2 aromatic rings. The Kier molecular flexibility index (Phi) is 19.6.